The van der Waals surface area contributed by atoms with Crippen molar-refractivity contribution in [1.82, 2.24) is 20.5 Å². The van der Waals surface area contributed by atoms with Crippen molar-refractivity contribution >= 4 is 16.9 Å². The maximum atomic E-state index is 13.6. The fourth-order valence-corrected chi connectivity index (χ4v) is 4.08. The SMILES string of the molecule is COc1cccc(-c2[nH]nc3nc(-c4ccc(F)cc4)cc(C(=O)NCc4ccccc4OC)c23)c1. The van der Waals surface area contributed by atoms with E-state index in [0.717, 1.165) is 11.1 Å². The summed E-state index contributed by atoms with van der Waals surface area (Å²) in [5.41, 5.74) is 4.23. The number of pyridine rings is 1. The number of hydrogen-bond donors (Lipinski definition) is 2. The van der Waals surface area contributed by atoms with E-state index in [1.807, 2.05) is 48.5 Å². The van der Waals surface area contributed by atoms with Crippen molar-refractivity contribution in [1.29, 1.82) is 0 Å². The Bertz CT molecular complexity index is 1550. The van der Waals surface area contributed by atoms with Crippen LogP contribution in [0.15, 0.2) is 78.9 Å². The normalized spacial score (nSPS) is 10.9. The Morgan fingerprint density at radius 3 is 2.53 bits per heavy atom. The number of rotatable bonds is 7. The topological polar surface area (TPSA) is 89.1 Å². The van der Waals surface area contributed by atoms with Crippen LogP contribution in [0.3, 0.4) is 0 Å². The van der Waals surface area contributed by atoms with Crippen LogP contribution in [0.2, 0.25) is 0 Å². The zero-order chi connectivity index (χ0) is 25.1. The van der Waals surface area contributed by atoms with Gasteiger partial charge in [-0.25, -0.2) is 9.37 Å². The number of nitrogens with zero attached hydrogens (tertiary/aromatic N) is 2. The summed E-state index contributed by atoms with van der Waals surface area (Å²) in [5, 5.41) is 11.0. The van der Waals surface area contributed by atoms with Gasteiger partial charge in [-0.3, -0.25) is 9.89 Å². The maximum absolute atomic E-state index is 13.6. The first-order valence-electron chi connectivity index (χ1n) is 11.3. The first-order valence-corrected chi connectivity index (χ1v) is 11.3. The molecule has 5 aromatic rings. The Morgan fingerprint density at radius 2 is 1.75 bits per heavy atom. The lowest BCUT2D eigenvalue weighted by atomic mass is 10.0. The predicted octanol–water partition coefficient (Wildman–Crippen LogP) is 5.38. The first-order chi connectivity index (χ1) is 17.6. The molecule has 5 rings (SSSR count). The van der Waals surface area contributed by atoms with Crippen LogP contribution in [0, 0.1) is 5.82 Å². The summed E-state index contributed by atoms with van der Waals surface area (Å²) in [7, 11) is 3.19. The monoisotopic (exact) mass is 482 g/mol. The van der Waals surface area contributed by atoms with Crippen LogP contribution in [0.1, 0.15) is 15.9 Å². The maximum Gasteiger partial charge on any atom is 0.252 e. The van der Waals surface area contributed by atoms with Crippen molar-refractivity contribution in [2.24, 2.45) is 0 Å². The molecule has 2 N–H and O–H groups in total. The predicted molar refractivity (Wildman–Crippen MR) is 135 cm³/mol. The Labute approximate surface area is 206 Å². The smallest absolute Gasteiger partial charge is 0.252 e. The van der Waals surface area contributed by atoms with Gasteiger partial charge in [0, 0.05) is 23.2 Å². The van der Waals surface area contributed by atoms with Crippen LogP contribution in [-0.2, 0) is 6.54 Å². The molecule has 36 heavy (non-hydrogen) atoms. The minimum absolute atomic E-state index is 0.269. The fraction of sp³-hybridized carbons (Fsp3) is 0.107. The van der Waals surface area contributed by atoms with Gasteiger partial charge in [0.15, 0.2) is 5.65 Å². The van der Waals surface area contributed by atoms with E-state index < -0.39 is 0 Å². The Hall–Kier alpha value is -4.72. The number of hydrogen-bond acceptors (Lipinski definition) is 5. The molecular weight excluding hydrogens is 459 g/mol. The minimum atomic E-state index is -0.352. The number of nitrogens with one attached hydrogen (secondary N) is 2. The van der Waals surface area contributed by atoms with E-state index in [0.29, 0.717) is 45.0 Å². The van der Waals surface area contributed by atoms with Crippen molar-refractivity contribution in [3.05, 3.63) is 95.8 Å². The molecule has 0 atom stereocenters. The number of para-hydroxylation sites is 1. The lowest BCUT2D eigenvalue weighted by molar-refractivity contribution is 0.0952. The molecule has 8 heteroatoms. The summed E-state index contributed by atoms with van der Waals surface area (Å²) >= 11 is 0. The summed E-state index contributed by atoms with van der Waals surface area (Å²) in [6, 6.07) is 22.6. The lowest BCUT2D eigenvalue weighted by Crippen LogP contribution is -2.23. The second kappa shape index (κ2) is 9.87. The highest BCUT2D eigenvalue weighted by molar-refractivity contribution is 6.11. The molecule has 0 unspecified atom stereocenters. The number of halogens is 1. The van der Waals surface area contributed by atoms with E-state index in [9.17, 15) is 9.18 Å². The van der Waals surface area contributed by atoms with Gasteiger partial charge in [-0.15, -0.1) is 0 Å². The standard InChI is InChI=1S/C28H23FN4O3/c1-35-21-8-5-7-18(14-21)26-25-22(28(34)30-16-19-6-3-4-9-24(19)36-2)15-23(31-27(25)33-32-26)17-10-12-20(29)13-11-17/h3-15H,16H2,1-2H3,(H,30,34)(H,31,32,33). The fourth-order valence-electron chi connectivity index (χ4n) is 4.08. The van der Waals surface area contributed by atoms with Crippen molar-refractivity contribution in [3.63, 3.8) is 0 Å². The number of carbonyl (C=O) groups excluding carboxylic acids is 1. The molecule has 0 aliphatic heterocycles. The van der Waals surface area contributed by atoms with Crippen LogP contribution >= 0.6 is 0 Å². The molecule has 2 heterocycles. The van der Waals surface area contributed by atoms with Crippen LogP contribution in [0.5, 0.6) is 11.5 Å². The van der Waals surface area contributed by atoms with Crippen molar-refractivity contribution in [2.45, 2.75) is 6.54 Å². The van der Waals surface area contributed by atoms with Gasteiger partial charge >= 0.3 is 0 Å². The second-order valence-corrected chi connectivity index (χ2v) is 8.09. The van der Waals surface area contributed by atoms with Gasteiger partial charge in [0.1, 0.15) is 17.3 Å². The molecule has 3 aromatic carbocycles. The first kappa shape index (κ1) is 23.0. The Morgan fingerprint density at radius 1 is 0.944 bits per heavy atom. The third-order valence-electron chi connectivity index (χ3n) is 5.90. The van der Waals surface area contributed by atoms with Crippen LogP contribution < -0.4 is 14.8 Å². The van der Waals surface area contributed by atoms with Gasteiger partial charge in [-0.1, -0.05) is 30.3 Å². The lowest BCUT2D eigenvalue weighted by Gasteiger charge is -2.12. The molecule has 2 aromatic heterocycles. The molecule has 0 aliphatic rings. The molecule has 0 saturated carbocycles. The van der Waals surface area contributed by atoms with Crippen molar-refractivity contribution in [3.8, 4) is 34.0 Å². The van der Waals surface area contributed by atoms with Gasteiger partial charge in [0.2, 0.25) is 0 Å². The molecule has 0 saturated heterocycles. The summed E-state index contributed by atoms with van der Waals surface area (Å²) < 4.78 is 24.3. The Kier molecular flexibility index (Phi) is 6.32. The summed E-state index contributed by atoms with van der Waals surface area (Å²) in [6.07, 6.45) is 0. The largest absolute Gasteiger partial charge is 0.497 e. The quantitative estimate of drug-likeness (QED) is 0.325. The number of benzene rings is 3. The van der Waals surface area contributed by atoms with Crippen molar-refractivity contribution in [2.75, 3.05) is 14.2 Å². The summed E-state index contributed by atoms with van der Waals surface area (Å²) in [5.74, 6) is 0.704. The number of aromatic amines is 1. The third-order valence-corrected chi connectivity index (χ3v) is 5.90. The molecule has 0 aliphatic carbocycles. The van der Waals surface area contributed by atoms with Crippen molar-refractivity contribution < 1.29 is 18.7 Å². The highest BCUT2D eigenvalue weighted by atomic mass is 19.1. The van der Waals surface area contributed by atoms with Gasteiger partial charge < -0.3 is 14.8 Å². The van der Waals surface area contributed by atoms with E-state index in [1.54, 1.807) is 32.4 Å². The molecule has 7 nitrogen and oxygen atoms in total. The number of carbonyl (C=O) groups is 1. The molecule has 0 fully saturated rings. The number of fused-ring (bicyclic) bond motifs is 1. The zero-order valence-electron chi connectivity index (χ0n) is 19.7. The number of methoxy groups -OCH3 is 2. The molecule has 180 valence electrons. The van der Waals surface area contributed by atoms with E-state index >= 15 is 0 Å². The highest BCUT2D eigenvalue weighted by Gasteiger charge is 2.21. The van der Waals surface area contributed by atoms with E-state index in [2.05, 4.69) is 20.5 Å². The molecule has 0 spiro atoms. The molecule has 1 amide bonds. The average molecular weight is 483 g/mol. The number of H-pyrrole nitrogens is 1. The van der Waals surface area contributed by atoms with Gasteiger partial charge in [0.05, 0.1) is 36.6 Å². The van der Waals surface area contributed by atoms with Crippen LogP contribution in [0.25, 0.3) is 33.5 Å². The number of ether oxygens (including phenoxy) is 2. The second-order valence-electron chi connectivity index (χ2n) is 8.09. The van der Waals surface area contributed by atoms with E-state index in [1.165, 1.54) is 12.1 Å². The number of amides is 1. The minimum Gasteiger partial charge on any atom is -0.497 e. The van der Waals surface area contributed by atoms with Gasteiger partial charge in [0.25, 0.3) is 5.91 Å². The average Bonchev–Trinajstić information content (AvgIpc) is 3.36. The van der Waals surface area contributed by atoms with E-state index in [-0.39, 0.29) is 18.3 Å². The van der Waals surface area contributed by atoms with Crippen LogP contribution in [0.4, 0.5) is 4.39 Å². The summed E-state index contributed by atoms with van der Waals surface area (Å²) in [4.78, 5) is 18.2. The molecule has 0 bridgehead atoms. The van der Waals surface area contributed by atoms with E-state index in [4.69, 9.17) is 9.47 Å². The van der Waals surface area contributed by atoms with Gasteiger partial charge in [-0.05, 0) is 48.5 Å². The van der Waals surface area contributed by atoms with Crippen LogP contribution in [-0.4, -0.2) is 35.3 Å². The third kappa shape index (κ3) is 4.48. The summed E-state index contributed by atoms with van der Waals surface area (Å²) in [6.45, 7) is 0.269. The van der Waals surface area contributed by atoms with Gasteiger partial charge in [-0.2, -0.15) is 5.10 Å². The zero-order valence-corrected chi connectivity index (χ0v) is 19.7. The molecule has 0 radical (unpaired) electrons. The highest BCUT2D eigenvalue weighted by Crippen LogP contribution is 2.33. The molecular formula is C28H23FN4O3. The Balaban J connectivity index is 1.61. The number of aromatic nitrogens is 3.